The lowest BCUT2D eigenvalue weighted by Gasteiger charge is -2.08. The van der Waals surface area contributed by atoms with Crippen LogP contribution in [0.4, 0.5) is 11.4 Å². The van der Waals surface area contributed by atoms with Crippen molar-refractivity contribution in [3.05, 3.63) is 51.8 Å². The highest BCUT2D eigenvalue weighted by atomic mass is 16.6. The smallest absolute Gasteiger partial charge is 0.274 e. The molecule has 6 heteroatoms. The maximum absolute atomic E-state index is 10.9. The lowest BCUT2D eigenvalue weighted by atomic mass is 10.1. The van der Waals surface area contributed by atoms with E-state index in [1.54, 1.807) is 13.0 Å². The Labute approximate surface area is 117 Å². The maximum Gasteiger partial charge on any atom is 0.274 e. The first kappa shape index (κ1) is 14.0. The van der Waals surface area contributed by atoms with Gasteiger partial charge in [-0.1, -0.05) is 13.0 Å². The van der Waals surface area contributed by atoms with Crippen molar-refractivity contribution >= 4 is 11.4 Å². The van der Waals surface area contributed by atoms with Crippen LogP contribution in [0.2, 0.25) is 0 Å². The summed E-state index contributed by atoms with van der Waals surface area (Å²) in [7, 11) is 0. The number of benzene rings is 1. The Kier molecular flexibility index (Phi) is 4.34. The quantitative estimate of drug-likeness (QED) is 0.648. The normalized spacial score (nSPS) is 10.5. The van der Waals surface area contributed by atoms with Crippen LogP contribution in [0, 0.1) is 17.0 Å². The summed E-state index contributed by atoms with van der Waals surface area (Å²) in [6.45, 7) is 5.36. The molecule has 6 nitrogen and oxygen atoms in total. The molecule has 1 aromatic carbocycles. The molecule has 0 aliphatic rings. The Bertz CT molecular complexity index is 607. The Morgan fingerprint density at radius 2 is 2.25 bits per heavy atom. The van der Waals surface area contributed by atoms with E-state index in [1.807, 2.05) is 23.1 Å². The van der Waals surface area contributed by atoms with Crippen LogP contribution in [-0.2, 0) is 13.1 Å². The van der Waals surface area contributed by atoms with E-state index in [4.69, 9.17) is 0 Å². The number of rotatable bonds is 6. The average molecular weight is 274 g/mol. The molecule has 0 radical (unpaired) electrons. The molecule has 1 N–H and O–H groups in total. The minimum Gasteiger partial charge on any atom is -0.380 e. The molecule has 0 saturated carbocycles. The monoisotopic (exact) mass is 274 g/mol. The van der Waals surface area contributed by atoms with Crippen LogP contribution >= 0.6 is 0 Å². The number of nitro benzene ring substituents is 1. The third kappa shape index (κ3) is 3.14. The molecular weight excluding hydrogens is 256 g/mol. The zero-order valence-electron chi connectivity index (χ0n) is 11.7. The van der Waals surface area contributed by atoms with Gasteiger partial charge in [-0.3, -0.25) is 14.8 Å². The zero-order chi connectivity index (χ0) is 14.5. The van der Waals surface area contributed by atoms with Crippen LogP contribution in [0.25, 0.3) is 0 Å². The second-order valence-corrected chi connectivity index (χ2v) is 4.67. The molecule has 0 saturated heterocycles. The first-order valence-corrected chi connectivity index (χ1v) is 6.61. The number of aryl methyl sites for hydroxylation is 1. The number of nitrogens with one attached hydrogen (secondary N) is 1. The van der Waals surface area contributed by atoms with Crippen molar-refractivity contribution in [2.45, 2.75) is 33.4 Å². The van der Waals surface area contributed by atoms with E-state index in [0.29, 0.717) is 12.1 Å². The molecule has 0 amide bonds. The summed E-state index contributed by atoms with van der Waals surface area (Å²) in [5.74, 6) is 0. The van der Waals surface area contributed by atoms with Crippen molar-refractivity contribution in [1.82, 2.24) is 9.78 Å². The molecule has 20 heavy (non-hydrogen) atoms. The van der Waals surface area contributed by atoms with Crippen LogP contribution in [0.5, 0.6) is 0 Å². The summed E-state index contributed by atoms with van der Waals surface area (Å²) < 4.78 is 1.90. The summed E-state index contributed by atoms with van der Waals surface area (Å²) in [6, 6.07) is 5.05. The molecule has 0 atom stereocenters. The first-order chi connectivity index (χ1) is 9.61. The minimum atomic E-state index is -0.361. The van der Waals surface area contributed by atoms with Gasteiger partial charge in [0.2, 0.25) is 0 Å². The molecule has 0 spiro atoms. The van der Waals surface area contributed by atoms with Gasteiger partial charge in [-0.15, -0.1) is 0 Å². The van der Waals surface area contributed by atoms with Gasteiger partial charge in [-0.05, 0) is 19.4 Å². The second kappa shape index (κ2) is 6.18. The summed E-state index contributed by atoms with van der Waals surface area (Å²) in [5, 5.41) is 18.4. The van der Waals surface area contributed by atoms with Gasteiger partial charge in [0.05, 0.1) is 11.1 Å². The predicted molar refractivity (Wildman–Crippen MR) is 77.7 cm³/mol. The van der Waals surface area contributed by atoms with Crippen LogP contribution in [-0.4, -0.2) is 14.7 Å². The van der Waals surface area contributed by atoms with Crippen molar-refractivity contribution in [1.29, 1.82) is 0 Å². The van der Waals surface area contributed by atoms with Gasteiger partial charge in [0.1, 0.15) is 0 Å². The van der Waals surface area contributed by atoms with Gasteiger partial charge >= 0.3 is 0 Å². The molecule has 0 unspecified atom stereocenters. The molecule has 0 fully saturated rings. The van der Waals surface area contributed by atoms with E-state index in [0.717, 1.165) is 24.2 Å². The van der Waals surface area contributed by atoms with Crippen molar-refractivity contribution in [3.63, 3.8) is 0 Å². The highest BCUT2D eigenvalue weighted by Crippen LogP contribution is 2.25. The molecule has 1 heterocycles. The topological polar surface area (TPSA) is 73.0 Å². The van der Waals surface area contributed by atoms with Gasteiger partial charge in [0, 0.05) is 42.2 Å². The van der Waals surface area contributed by atoms with Crippen molar-refractivity contribution < 1.29 is 4.92 Å². The summed E-state index contributed by atoms with van der Waals surface area (Å²) >= 11 is 0. The molecule has 106 valence electrons. The van der Waals surface area contributed by atoms with Crippen molar-refractivity contribution in [2.75, 3.05) is 5.32 Å². The largest absolute Gasteiger partial charge is 0.380 e. The Balaban J connectivity index is 2.06. The number of hydrogen-bond acceptors (Lipinski definition) is 4. The number of nitro groups is 1. The van der Waals surface area contributed by atoms with E-state index in [-0.39, 0.29) is 10.6 Å². The van der Waals surface area contributed by atoms with Gasteiger partial charge in [0.15, 0.2) is 0 Å². The van der Waals surface area contributed by atoms with Crippen LogP contribution < -0.4 is 5.32 Å². The maximum atomic E-state index is 10.9. The zero-order valence-corrected chi connectivity index (χ0v) is 11.7. The van der Waals surface area contributed by atoms with Gasteiger partial charge < -0.3 is 5.32 Å². The summed E-state index contributed by atoms with van der Waals surface area (Å²) in [6.07, 6.45) is 4.84. The van der Waals surface area contributed by atoms with Crippen molar-refractivity contribution in [3.8, 4) is 0 Å². The van der Waals surface area contributed by atoms with E-state index < -0.39 is 0 Å². The fourth-order valence-electron chi connectivity index (χ4n) is 2.06. The Morgan fingerprint density at radius 1 is 1.45 bits per heavy atom. The number of anilines is 1. The standard InChI is InChI=1S/C14H18N4O2/c1-3-7-17-10-12(9-16-17)8-15-13-5-4-6-14(11(13)2)18(19)20/h4-6,9-10,15H,3,7-8H2,1-2H3. The van der Waals surface area contributed by atoms with Crippen LogP contribution in [0.15, 0.2) is 30.6 Å². The van der Waals surface area contributed by atoms with Crippen LogP contribution in [0.3, 0.4) is 0 Å². The van der Waals surface area contributed by atoms with Crippen LogP contribution in [0.1, 0.15) is 24.5 Å². The minimum absolute atomic E-state index is 0.136. The molecule has 1 aromatic heterocycles. The van der Waals surface area contributed by atoms with E-state index in [9.17, 15) is 10.1 Å². The molecule has 2 rings (SSSR count). The number of nitrogens with zero attached hydrogens (tertiary/aromatic N) is 3. The molecule has 0 bridgehead atoms. The predicted octanol–water partition coefficient (Wildman–Crippen LogP) is 3.12. The average Bonchev–Trinajstić information content (AvgIpc) is 2.85. The van der Waals surface area contributed by atoms with E-state index in [2.05, 4.69) is 17.3 Å². The SMILES string of the molecule is CCCn1cc(CNc2cccc([N+](=O)[O-])c2C)cn1. The Morgan fingerprint density at radius 3 is 2.95 bits per heavy atom. The van der Waals surface area contributed by atoms with E-state index in [1.165, 1.54) is 6.07 Å². The highest BCUT2D eigenvalue weighted by Gasteiger charge is 2.12. The third-order valence-electron chi connectivity index (χ3n) is 3.12. The summed E-state index contributed by atoms with van der Waals surface area (Å²) in [4.78, 5) is 10.5. The molecule has 2 aromatic rings. The molecule has 0 aliphatic heterocycles. The molecule has 0 aliphatic carbocycles. The lowest BCUT2D eigenvalue weighted by molar-refractivity contribution is -0.385. The number of hydrogen-bond donors (Lipinski definition) is 1. The lowest BCUT2D eigenvalue weighted by Crippen LogP contribution is -2.02. The van der Waals surface area contributed by atoms with Gasteiger partial charge in [-0.2, -0.15) is 5.10 Å². The van der Waals surface area contributed by atoms with Gasteiger partial charge in [-0.25, -0.2) is 0 Å². The molecular formula is C14H18N4O2. The first-order valence-electron chi connectivity index (χ1n) is 6.61. The van der Waals surface area contributed by atoms with Gasteiger partial charge in [0.25, 0.3) is 5.69 Å². The Hall–Kier alpha value is -2.37. The second-order valence-electron chi connectivity index (χ2n) is 4.67. The fourth-order valence-corrected chi connectivity index (χ4v) is 2.06. The number of aromatic nitrogens is 2. The highest BCUT2D eigenvalue weighted by molar-refractivity contribution is 5.59. The van der Waals surface area contributed by atoms with E-state index >= 15 is 0 Å². The van der Waals surface area contributed by atoms with Crippen molar-refractivity contribution in [2.24, 2.45) is 0 Å². The summed E-state index contributed by atoms with van der Waals surface area (Å²) in [5.41, 5.74) is 2.63. The fraction of sp³-hybridized carbons (Fsp3) is 0.357. The third-order valence-corrected chi connectivity index (χ3v) is 3.12.